The topological polar surface area (TPSA) is 0 Å². The largest absolute Gasteiger partial charge is 0.118 e. The Balaban J connectivity index is 1.80. The van der Waals surface area contributed by atoms with Crippen LogP contribution in [-0.2, 0) is 6.42 Å². The lowest BCUT2D eigenvalue weighted by Crippen LogP contribution is -1.92. The van der Waals surface area contributed by atoms with Crippen LogP contribution in [0.4, 0.5) is 0 Å². The highest BCUT2D eigenvalue weighted by atomic mass is 127. The molecule has 94 valence electrons. The van der Waals surface area contributed by atoms with Crippen LogP contribution in [-0.4, -0.2) is 0 Å². The minimum absolute atomic E-state index is 0.134. The molecule has 0 bridgehead atoms. The number of halogens is 2. The van der Waals surface area contributed by atoms with Crippen LogP contribution in [0.15, 0.2) is 54.6 Å². The van der Waals surface area contributed by atoms with Gasteiger partial charge in [0.05, 0.1) is 5.38 Å². The van der Waals surface area contributed by atoms with Gasteiger partial charge in [-0.3, -0.25) is 0 Å². The molecule has 2 heteroatoms. The fourth-order valence-corrected chi connectivity index (χ4v) is 2.62. The third-order valence-electron chi connectivity index (χ3n) is 3.00. The summed E-state index contributed by atoms with van der Waals surface area (Å²) in [5.41, 5.74) is 2.62. The summed E-state index contributed by atoms with van der Waals surface area (Å²) in [6, 6.07) is 19.0. The molecule has 0 saturated heterocycles. The predicted molar refractivity (Wildman–Crippen MR) is 87.1 cm³/mol. The van der Waals surface area contributed by atoms with Gasteiger partial charge in [0.25, 0.3) is 0 Å². The lowest BCUT2D eigenvalue weighted by atomic mass is 10.0. The standard InChI is InChI=1S/C16H16ClI/c17-16(14-6-2-1-3-7-14)8-4-5-13-9-11-15(18)12-10-13/h1-3,6-7,9-12,16H,4-5,8H2. The van der Waals surface area contributed by atoms with Crippen LogP contribution in [0.25, 0.3) is 0 Å². The van der Waals surface area contributed by atoms with Gasteiger partial charge < -0.3 is 0 Å². The summed E-state index contributed by atoms with van der Waals surface area (Å²) in [4.78, 5) is 0. The van der Waals surface area contributed by atoms with E-state index in [4.69, 9.17) is 11.6 Å². The van der Waals surface area contributed by atoms with Crippen LogP contribution < -0.4 is 0 Å². The molecule has 18 heavy (non-hydrogen) atoms. The Labute approximate surface area is 128 Å². The second-order valence-corrected chi connectivity index (χ2v) is 6.17. The van der Waals surface area contributed by atoms with Gasteiger partial charge in [0.1, 0.15) is 0 Å². The summed E-state index contributed by atoms with van der Waals surface area (Å²) in [6.07, 6.45) is 3.26. The van der Waals surface area contributed by atoms with Gasteiger partial charge in [-0.2, -0.15) is 0 Å². The Bertz CT molecular complexity index is 464. The molecule has 0 radical (unpaired) electrons. The van der Waals surface area contributed by atoms with E-state index in [1.165, 1.54) is 14.7 Å². The van der Waals surface area contributed by atoms with Crippen LogP contribution in [0, 0.1) is 3.57 Å². The molecule has 0 aromatic heterocycles. The summed E-state index contributed by atoms with van der Waals surface area (Å²) in [7, 11) is 0. The first kappa shape index (κ1) is 13.9. The third kappa shape index (κ3) is 4.29. The molecule has 0 spiro atoms. The first-order valence-electron chi connectivity index (χ1n) is 6.19. The zero-order valence-corrected chi connectivity index (χ0v) is 13.1. The maximum absolute atomic E-state index is 6.40. The van der Waals surface area contributed by atoms with E-state index in [0.717, 1.165) is 19.3 Å². The summed E-state index contributed by atoms with van der Waals surface area (Å²) >= 11 is 8.73. The van der Waals surface area contributed by atoms with E-state index < -0.39 is 0 Å². The van der Waals surface area contributed by atoms with E-state index in [2.05, 4.69) is 59.0 Å². The average Bonchev–Trinajstić information content (AvgIpc) is 2.42. The molecule has 0 fully saturated rings. The van der Waals surface area contributed by atoms with E-state index in [1.807, 2.05) is 18.2 Å². The molecule has 0 amide bonds. The number of alkyl halides is 1. The van der Waals surface area contributed by atoms with Crippen LogP contribution in [0.3, 0.4) is 0 Å². The van der Waals surface area contributed by atoms with Gasteiger partial charge in [0.15, 0.2) is 0 Å². The summed E-state index contributed by atoms with van der Waals surface area (Å²) < 4.78 is 1.29. The molecule has 1 atom stereocenters. The summed E-state index contributed by atoms with van der Waals surface area (Å²) in [6.45, 7) is 0. The van der Waals surface area contributed by atoms with E-state index in [0.29, 0.717) is 0 Å². The maximum Gasteiger partial charge on any atom is 0.0585 e. The van der Waals surface area contributed by atoms with Crippen molar-refractivity contribution in [3.8, 4) is 0 Å². The third-order valence-corrected chi connectivity index (χ3v) is 4.19. The number of hydrogen-bond acceptors (Lipinski definition) is 0. The van der Waals surface area contributed by atoms with Gasteiger partial charge in [0.2, 0.25) is 0 Å². The Morgan fingerprint density at radius 2 is 1.61 bits per heavy atom. The van der Waals surface area contributed by atoms with Crippen molar-refractivity contribution in [3.05, 3.63) is 69.3 Å². The predicted octanol–water partition coefficient (Wildman–Crippen LogP) is 5.59. The molecule has 2 rings (SSSR count). The van der Waals surface area contributed by atoms with Crippen molar-refractivity contribution >= 4 is 34.2 Å². The molecule has 0 heterocycles. The molecule has 2 aromatic rings. The molecule has 1 unspecified atom stereocenters. The Hall–Kier alpha value is -0.540. The lowest BCUT2D eigenvalue weighted by molar-refractivity contribution is 0.716. The van der Waals surface area contributed by atoms with Gasteiger partial charge >= 0.3 is 0 Å². The molecule has 2 aromatic carbocycles. The van der Waals surface area contributed by atoms with Crippen LogP contribution in [0.1, 0.15) is 29.3 Å². The minimum atomic E-state index is 0.134. The highest BCUT2D eigenvalue weighted by Gasteiger charge is 2.06. The Morgan fingerprint density at radius 1 is 0.944 bits per heavy atom. The normalized spacial score (nSPS) is 12.3. The van der Waals surface area contributed by atoms with Crippen LogP contribution in [0.2, 0.25) is 0 Å². The van der Waals surface area contributed by atoms with Crippen molar-refractivity contribution in [1.29, 1.82) is 0 Å². The fraction of sp³-hybridized carbons (Fsp3) is 0.250. The Morgan fingerprint density at radius 3 is 2.28 bits per heavy atom. The molecular formula is C16H16ClI. The first-order chi connectivity index (χ1) is 8.75. The SMILES string of the molecule is ClC(CCCc1ccc(I)cc1)c1ccccc1. The molecular weight excluding hydrogens is 355 g/mol. The number of benzene rings is 2. The number of aryl methyl sites for hydroxylation is 1. The smallest absolute Gasteiger partial charge is 0.0585 e. The molecule has 0 aliphatic heterocycles. The molecule has 0 aliphatic rings. The zero-order chi connectivity index (χ0) is 12.8. The van der Waals surface area contributed by atoms with E-state index in [1.54, 1.807) is 0 Å². The zero-order valence-electron chi connectivity index (χ0n) is 10.2. The highest BCUT2D eigenvalue weighted by molar-refractivity contribution is 14.1. The monoisotopic (exact) mass is 370 g/mol. The molecule has 0 saturated carbocycles. The van der Waals surface area contributed by atoms with E-state index in [-0.39, 0.29) is 5.38 Å². The van der Waals surface area contributed by atoms with Gasteiger partial charge in [-0.15, -0.1) is 11.6 Å². The van der Waals surface area contributed by atoms with Crippen molar-refractivity contribution in [2.45, 2.75) is 24.6 Å². The molecule has 0 aliphatic carbocycles. The van der Waals surface area contributed by atoms with Crippen molar-refractivity contribution in [1.82, 2.24) is 0 Å². The highest BCUT2D eigenvalue weighted by Crippen LogP contribution is 2.26. The van der Waals surface area contributed by atoms with Crippen LogP contribution >= 0.6 is 34.2 Å². The second-order valence-electron chi connectivity index (χ2n) is 4.40. The fourth-order valence-electron chi connectivity index (χ4n) is 1.97. The van der Waals surface area contributed by atoms with Crippen LogP contribution in [0.5, 0.6) is 0 Å². The first-order valence-corrected chi connectivity index (χ1v) is 7.70. The quantitative estimate of drug-likeness (QED) is 0.475. The van der Waals surface area contributed by atoms with Crippen molar-refractivity contribution in [3.63, 3.8) is 0 Å². The summed E-state index contributed by atoms with van der Waals surface area (Å²) in [5.74, 6) is 0. The van der Waals surface area contributed by atoms with Gasteiger partial charge in [-0.1, -0.05) is 42.5 Å². The number of hydrogen-bond donors (Lipinski definition) is 0. The summed E-state index contributed by atoms with van der Waals surface area (Å²) in [5, 5.41) is 0.134. The van der Waals surface area contributed by atoms with Crippen molar-refractivity contribution < 1.29 is 0 Å². The number of rotatable bonds is 5. The molecule has 0 nitrogen and oxygen atoms in total. The maximum atomic E-state index is 6.40. The van der Waals surface area contributed by atoms with Crippen molar-refractivity contribution in [2.75, 3.05) is 0 Å². The van der Waals surface area contributed by atoms with E-state index in [9.17, 15) is 0 Å². The lowest BCUT2D eigenvalue weighted by Gasteiger charge is -2.09. The van der Waals surface area contributed by atoms with Gasteiger partial charge in [-0.05, 0) is 65.1 Å². The minimum Gasteiger partial charge on any atom is -0.118 e. The average molecular weight is 371 g/mol. The van der Waals surface area contributed by atoms with E-state index >= 15 is 0 Å². The molecule has 0 N–H and O–H groups in total. The Kier molecular flexibility index (Phi) is 5.51. The van der Waals surface area contributed by atoms with Gasteiger partial charge in [0, 0.05) is 3.57 Å². The van der Waals surface area contributed by atoms with Crippen molar-refractivity contribution in [2.24, 2.45) is 0 Å². The van der Waals surface area contributed by atoms with Gasteiger partial charge in [-0.25, -0.2) is 0 Å². The second kappa shape index (κ2) is 7.15.